The van der Waals surface area contributed by atoms with Crippen LogP contribution in [0.1, 0.15) is 42.2 Å². The van der Waals surface area contributed by atoms with Crippen molar-refractivity contribution >= 4 is 5.96 Å². The van der Waals surface area contributed by atoms with Crippen LogP contribution in [0, 0.1) is 0 Å². The zero-order valence-electron chi connectivity index (χ0n) is 17.9. The Labute approximate surface area is 179 Å². The van der Waals surface area contributed by atoms with Crippen LogP contribution in [-0.4, -0.2) is 67.3 Å². The van der Waals surface area contributed by atoms with Gasteiger partial charge in [-0.05, 0) is 36.8 Å². The lowest BCUT2D eigenvalue weighted by Gasteiger charge is -2.36. The Balaban J connectivity index is 1.15. The summed E-state index contributed by atoms with van der Waals surface area (Å²) in [6.07, 6.45) is 6.39. The predicted molar refractivity (Wildman–Crippen MR) is 117 cm³/mol. The Morgan fingerprint density at radius 3 is 2.90 bits per heavy atom. The molecule has 4 rings (SSSR count). The SMILES string of the molecule is CN=C(NCCCOC1CCCc2ccccc21)N1CCN(Cc2ccon2)CC1. The monoisotopic (exact) mass is 411 g/mol. The Hall–Kier alpha value is -2.38. The highest BCUT2D eigenvalue weighted by Gasteiger charge is 2.21. The lowest BCUT2D eigenvalue weighted by molar-refractivity contribution is 0.0397. The zero-order valence-corrected chi connectivity index (χ0v) is 17.9. The summed E-state index contributed by atoms with van der Waals surface area (Å²) in [5.74, 6) is 0.985. The largest absolute Gasteiger partial charge is 0.373 e. The number of benzene rings is 1. The third-order valence-corrected chi connectivity index (χ3v) is 6.00. The van der Waals surface area contributed by atoms with Crippen molar-refractivity contribution in [3.63, 3.8) is 0 Å². The molecule has 1 aromatic carbocycles. The number of hydrogen-bond donors (Lipinski definition) is 1. The van der Waals surface area contributed by atoms with Crippen molar-refractivity contribution in [1.29, 1.82) is 0 Å². The van der Waals surface area contributed by atoms with E-state index in [0.717, 1.165) is 70.4 Å². The summed E-state index contributed by atoms with van der Waals surface area (Å²) in [5, 5.41) is 7.51. The van der Waals surface area contributed by atoms with Crippen LogP contribution in [0.15, 0.2) is 46.1 Å². The first-order chi connectivity index (χ1) is 14.8. The van der Waals surface area contributed by atoms with E-state index in [1.54, 1.807) is 6.26 Å². The number of ether oxygens (including phenoxy) is 1. The van der Waals surface area contributed by atoms with Gasteiger partial charge >= 0.3 is 0 Å². The predicted octanol–water partition coefficient (Wildman–Crippen LogP) is 2.85. The molecular weight excluding hydrogens is 378 g/mol. The molecule has 1 saturated heterocycles. The molecule has 1 unspecified atom stereocenters. The average Bonchev–Trinajstić information content (AvgIpc) is 3.30. The van der Waals surface area contributed by atoms with Crippen molar-refractivity contribution in [2.45, 2.75) is 38.3 Å². The Morgan fingerprint density at radius 1 is 1.23 bits per heavy atom. The van der Waals surface area contributed by atoms with E-state index in [9.17, 15) is 0 Å². The third-order valence-electron chi connectivity index (χ3n) is 6.00. The number of nitrogens with one attached hydrogen (secondary N) is 1. The highest BCUT2D eigenvalue weighted by Crippen LogP contribution is 2.32. The van der Waals surface area contributed by atoms with Crippen molar-refractivity contribution in [3.8, 4) is 0 Å². The van der Waals surface area contributed by atoms with Crippen LogP contribution in [0.25, 0.3) is 0 Å². The van der Waals surface area contributed by atoms with Crippen LogP contribution in [0.4, 0.5) is 0 Å². The van der Waals surface area contributed by atoms with Crippen molar-refractivity contribution in [2.24, 2.45) is 4.99 Å². The second-order valence-electron chi connectivity index (χ2n) is 8.03. The number of aryl methyl sites for hydroxylation is 1. The van der Waals surface area contributed by atoms with Gasteiger partial charge in [0.2, 0.25) is 0 Å². The van der Waals surface area contributed by atoms with Crippen molar-refractivity contribution in [3.05, 3.63) is 53.4 Å². The Kier molecular flexibility index (Phi) is 7.37. The quantitative estimate of drug-likeness (QED) is 0.429. The standard InChI is InChI=1S/C23H33N5O2/c1-24-23(28-14-12-27(13-15-28)18-20-10-17-30-26-20)25-11-5-16-29-22-9-4-7-19-6-2-3-8-21(19)22/h2-3,6,8,10,17,22H,4-5,7,9,11-16,18H2,1H3,(H,24,25). The number of fused-ring (bicyclic) bond motifs is 1. The molecule has 0 amide bonds. The molecule has 1 aliphatic heterocycles. The molecule has 2 heterocycles. The molecule has 0 radical (unpaired) electrons. The highest BCUT2D eigenvalue weighted by atomic mass is 16.5. The maximum absolute atomic E-state index is 6.22. The summed E-state index contributed by atoms with van der Waals surface area (Å²) in [6, 6.07) is 10.6. The topological polar surface area (TPSA) is 66.1 Å². The van der Waals surface area contributed by atoms with Crippen LogP contribution in [-0.2, 0) is 17.7 Å². The summed E-state index contributed by atoms with van der Waals surface area (Å²) in [5.41, 5.74) is 3.83. The molecule has 1 aromatic heterocycles. The molecule has 1 atom stereocenters. The maximum Gasteiger partial charge on any atom is 0.193 e. The van der Waals surface area contributed by atoms with Crippen molar-refractivity contribution in [2.75, 3.05) is 46.4 Å². The van der Waals surface area contributed by atoms with E-state index in [1.807, 2.05) is 13.1 Å². The van der Waals surface area contributed by atoms with E-state index in [0.29, 0.717) is 0 Å². The van der Waals surface area contributed by atoms with Crippen LogP contribution in [0.2, 0.25) is 0 Å². The lowest BCUT2D eigenvalue weighted by atomic mass is 9.89. The second kappa shape index (κ2) is 10.6. The van der Waals surface area contributed by atoms with Gasteiger partial charge in [0.1, 0.15) is 6.26 Å². The first kappa shape index (κ1) is 20.9. The number of hydrogen-bond acceptors (Lipinski definition) is 5. The third kappa shape index (κ3) is 5.40. The van der Waals surface area contributed by atoms with Gasteiger partial charge in [-0.15, -0.1) is 0 Å². The number of aliphatic imine (C=N–C) groups is 1. The maximum atomic E-state index is 6.22. The minimum atomic E-state index is 0.257. The van der Waals surface area contributed by atoms with E-state index in [1.165, 1.54) is 24.0 Å². The molecule has 0 saturated carbocycles. The van der Waals surface area contributed by atoms with Crippen molar-refractivity contribution < 1.29 is 9.26 Å². The molecule has 7 nitrogen and oxygen atoms in total. The molecule has 2 aromatic rings. The number of aromatic nitrogens is 1. The molecule has 1 aliphatic carbocycles. The van der Waals surface area contributed by atoms with E-state index in [2.05, 4.69) is 49.5 Å². The van der Waals surface area contributed by atoms with Gasteiger partial charge in [-0.25, -0.2) is 0 Å². The Bertz CT molecular complexity index is 800. The zero-order chi connectivity index (χ0) is 20.6. The first-order valence-corrected chi connectivity index (χ1v) is 11.1. The van der Waals surface area contributed by atoms with Crippen LogP contribution in [0.5, 0.6) is 0 Å². The smallest absolute Gasteiger partial charge is 0.193 e. The molecule has 7 heteroatoms. The number of piperazine rings is 1. The Morgan fingerprint density at radius 2 is 2.10 bits per heavy atom. The number of guanidine groups is 1. The van der Waals surface area contributed by atoms with Gasteiger partial charge in [0.15, 0.2) is 5.96 Å². The van der Waals surface area contributed by atoms with Crippen LogP contribution >= 0.6 is 0 Å². The fourth-order valence-electron chi connectivity index (χ4n) is 4.38. The minimum Gasteiger partial charge on any atom is -0.373 e. The van der Waals surface area contributed by atoms with Crippen LogP contribution < -0.4 is 5.32 Å². The summed E-state index contributed by atoms with van der Waals surface area (Å²) in [7, 11) is 1.86. The molecule has 1 N–H and O–H groups in total. The summed E-state index contributed by atoms with van der Waals surface area (Å²) >= 11 is 0. The molecule has 2 aliphatic rings. The van der Waals surface area contributed by atoms with Gasteiger partial charge in [-0.2, -0.15) is 0 Å². The van der Waals surface area contributed by atoms with E-state index in [4.69, 9.17) is 9.26 Å². The molecule has 162 valence electrons. The molecular formula is C23H33N5O2. The van der Waals surface area contributed by atoms with Gasteiger partial charge in [0.25, 0.3) is 0 Å². The lowest BCUT2D eigenvalue weighted by Crippen LogP contribution is -2.52. The average molecular weight is 412 g/mol. The molecule has 1 fully saturated rings. The molecule has 0 bridgehead atoms. The first-order valence-electron chi connectivity index (χ1n) is 11.1. The van der Waals surface area contributed by atoms with Gasteiger partial charge in [-0.1, -0.05) is 29.4 Å². The summed E-state index contributed by atoms with van der Waals surface area (Å²) in [4.78, 5) is 9.21. The highest BCUT2D eigenvalue weighted by molar-refractivity contribution is 5.79. The fourth-order valence-corrected chi connectivity index (χ4v) is 4.38. The summed E-state index contributed by atoms with van der Waals surface area (Å²) < 4.78 is 11.1. The summed E-state index contributed by atoms with van der Waals surface area (Å²) in [6.45, 7) is 6.42. The van der Waals surface area contributed by atoms with Gasteiger partial charge in [-0.3, -0.25) is 9.89 Å². The van der Waals surface area contributed by atoms with E-state index >= 15 is 0 Å². The van der Waals surface area contributed by atoms with Gasteiger partial charge in [0.05, 0.1) is 11.8 Å². The minimum absolute atomic E-state index is 0.257. The van der Waals surface area contributed by atoms with Crippen molar-refractivity contribution in [1.82, 2.24) is 20.3 Å². The second-order valence-corrected chi connectivity index (χ2v) is 8.03. The normalized spacial score (nSPS) is 20.2. The fraction of sp³-hybridized carbons (Fsp3) is 0.565. The van der Waals surface area contributed by atoms with E-state index < -0.39 is 0 Å². The number of nitrogens with zero attached hydrogens (tertiary/aromatic N) is 4. The number of rotatable bonds is 7. The van der Waals surface area contributed by atoms with Gasteiger partial charge in [0, 0.05) is 59.0 Å². The molecule has 0 spiro atoms. The van der Waals surface area contributed by atoms with E-state index in [-0.39, 0.29) is 6.10 Å². The van der Waals surface area contributed by atoms with Crippen LogP contribution in [0.3, 0.4) is 0 Å². The van der Waals surface area contributed by atoms with Gasteiger partial charge < -0.3 is 19.5 Å². The molecule has 30 heavy (non-hydrogen) atoms.